The van der Waals surface area contributed by atoms with Crippen molar-refractivity contribution in [2.45, 2.75) is 13.3 Å². The Balaban J connectivity index is 1.26. The van der Waals surface area contributed by atoms with E-state index in [-0.39, 0.29) is 19.6 Å². The second-order valence-electron chi connectivity index (χ2n) is 6.35. The van der Waals surface area contributed by atoms with Crippen LogP contribution in [0.3, 0.4) is 0 Å². The number of esters is 2. The standard InChI is InChI=1S/C20H20O4S12/c1-5-23-9(21)8-10(22)24-6-7-28-14-13(27-4)31-16(32-14)18-35-19-20(36-18)34-17(33-19)15-29-11(25-2)12(26-3)30-15/h5-8H2,1-4H3. The molecule has 0 unspecified atom stereocenters. The fraction of sp³-hybridized carbons (Fsp3) is 0.400. The van der Waals surface area contributed by atoms with Gasteiger partial charge >= 0.3 is 11.9 Å². The molecule has 36 heavy (non-hydrogen) atoms. The van der Waals surface area contributed by atoms with Crippen molar-refractivity contribution < 1.29 is 19.1 Å². The third-order valence-corrected chi connectivity index (χ3v) is 21.3. The number of ether oxygens (including phenoxy) is 2. The van der Waals surface area contributed by atoms with E-state index >= 15 is 0 Å². The Kier molecular flexibility index (Phi) is 13.0. The maximum Gasteiger partial charge on any atom is 0.317 e. The normalized spacial score (nSPS) is 19.9. The van der Waals surface area contributed by atoms with Crippen LogP contribution in [0.1, 0.15) is 13.3 Å². The van der Waals surface area contributed by atoms with Gasteiger partial charge in [0.25, 0.3) is 0 Å². The molecular formula is C20H20O4S12. The van der Waals surface area contributed by atoms with Crippen LogP contribution < -0.4 is 0 Å². The highest BCUT2D eigenvalue weighted by Gasteiger charge is 2.37. The van der Waals surface area contributed by atoms with Crippen LogP contribution in [-0.4, -0.2) is 49.7 Å². The highest BCUT2D eigenvalue weighted by molar-refractivity contribution is 8.51. The molecule has 0 N–H and O–H groups in total. The van der Waals surface area contributed by atoms with Gasteiger partial charge in [-0.25, -0.2) is 0 Å². The van der Waals surface area contributed by atoms with Gasteiger partial charge in [0.05, 0.1) is 49.0 Å². The van der Waals surface area contributed by atoms with Crippen molar-refractivity contribution in [2.24, 2.45) is 0 Å². The second kappa shape index (κ2) is 15.2. The summed E-state index contributed by atoms with van der Waals surface area (Å²) in [6.45, 7) is 2.25. The molecule has 0 spiro atoms. The summed E-state index contributed by atoms with van der Waals surface area (Å²) in [5.41, 5.74) is 0. The molecular weight excluding hydrogens is 689 g/mol. The van der Waals surface area contributed by atoms with Crippen LogP contribution in [0.5, 0.6) is 0 Å². The molecule has 0 fully saturated rings. The molecule has 0 aromatic rings. The van der Waals surface area contributed by atoms with Gasteiger partial charge < -0.3 is 9.47 Å². The van der Waals surface area contributed by atoms with E-state index < -0.39 is 11.9 Å². The molecule has 4 rings (SSSR count). The lowest BCUT2D eigenvalue weighted by Gasteiger charge is -2.07. The van der Waals surface area contributed by atoms with Crippen molar-refractivity contribution in [1.82, 2.24) is 0 Å². The minimum absolute atomic E-state index is 0.263. The highest BCUT2D eigenvalue weighted by Crippen LogP contribution is 2.73. The SMILES string of the molecule is CCOC(=O)CC(=O)OCCSC1=C(SC)SC(=C2SC3=C(SC(=C4SC(SC)=C(SC)S4)S3)S2)S1. The number of hydrogen-bond donors (Lipinski definition) is 0. The Morgan fingerprint density at radius 2 is 1.00 bits per heavy atom. The average Bonchev–Trinajstić information content (AvgIpc) is 3.62. The summed E-state index contributed by atoms with van der Waals surface area (Å²) in [5.74, 6) is -0.422. The first-order valence-electron chi connectivity index (χ1n) is 10.2. The Morgan fingerprint density at radius 3 is 1.44 bits per heavy atom. The van der Waals surface area contributed by atoms with Gasteiger partial charge in [0, 0.05) is 5.75 Å². The second-order valence-corrected chi connectivity index (χ2v) is 20.7. The molecule has 0 amide bonds. The Labute approximate surface area is 262 Å². The number of carbonyl (C=O) groups excluding carboxylic acids is 2. The van der Waals surface area contributed by atoms with Crippen LogP contribution in [0.25, 0.3) is 0 Å². The molecule has 0 aliphatic carbocycles. The molecule has 0 saturated heterocycles. The predicted molar refractivity (Wildman–Crippen MR) is 181 cm³/mol. The molecule has 0 saturated carbocycles. The molecule has 4 aliphatic heterocycles. The molecule has 16 heteroatoms. The van der Waals surface area contributed by atoms with Crippen LogP contribution in [0, 0.1) is 0 Å². The van der Waals surface area contributed by atoms with Gasteiger partial charge in [0.2, 0.25) is 0 Å². The van der Waals surface area contributed by atoms with Crippen LogP contribution in [0.2, 0.25) is 0 Å². The zero-order valence-electron chi connectivity index (χ0n) is 19.4. The van der Waals surface area contributed by atoms with E-state index in [1.807, 2.05) is 118 Å². The Morgan fingerprint density at radius 1 is 0.611 bits per heavy atom. The molecule has 0 atom stereocenters. The van der Waals surface area contributed by atoms with Gasteiger partial charge in [-0.15, -0.1) is 47.0 Å². The first kappa shape index (κ1) is 30.8. The van der Waals surface area contributed by atoms with Crippen molar-refractivity contribution in [3.8, 4) is 0 Å². The van der Waals surface area contributed by atoms with E-state index in [4.69, 9.17) is 9.47 Å². The summed E-state index contributed by atoms with van der Waals surface area (Å²) in [7, 11) is 0. The van der Waals surface area contributed by atoms with Gasteiger partial charge in [0.1, 0.15) is 13.0 Å². The smallest absolute Gasteiger partial charge is 0.317 e. The molecule has 4 nitrogen and oxygen atoms in total. The maximum absolute atomic E-state index is 11.7. The van der Waals surface area contributed by atoms with E-state index in [9.17, 15) is 9.59 Å². The molecule has 0 bridgehead atoms. The summed E-state index contributed by atoms with van der Waals surface area (Å²) < 4.78 is 23.7. The monoisotopic (exact) mass is 708 g/mol. The Hall–Kier alpha value is 1.84. The van der Waals surface area contributed by atoms with Crippen molar-refractivity contribution >= 4 is 153 Å². The van der Waals surface area contributed by atoms with Gasteiger partial charge in [-0.1, -0.05) is 94.1 Å². The summed E-state index contributed by atoms with van der Waals surface area (Å²) >= 11 is 22.3. The van der Waals surface area contributed by atoms with Crippen LogP contribution in [-0.2, 0) is 19.1 Å². The van der Waals surface area contributed by atoms with Crippen molar-refractivity contribution in [1.29, 1.82) is 0 Å². The fourth-order valence-corrected chi connectivity index (χ4v) is 19.9. The van der Waals surface area contributed by atoms with Crippen LogP contribution >= 0.6 is 141 Å². The molecule has 0 radical (unpaired) electrons. The minimum atomic E-state index is -0.542. The van der Waals surface area contributed by atoms with Crippen molar-refractivity contribution in [3.63, 3.8) is 0 Å². The van der Waals surface area contributed by atoms with E-state index in [0.717, 1.165) is 0 Å². The lowest BCUT2D eigenvalue weighted by atomic mass is 10.4. The largest absolute Gasteiger partial charge is 0.466 e. The highest BCUT2D eigenvalue weighted by atomic mass is 32.3. The van der Waals surface area contributed by atoms with Crippen molar-refractivity contribution in [3.05, 3.63) is 42.4 Å². The van der Waals surface area contributed by atoms with Gasteiger partial charge in [-0.3, -0.25) is 9.59 Å². The van der Waals surface area contributed by atoms with Gasteiger partial charge in [0.15, 0.2) is 0 Å². The first-order chi connectivity index (χ1) is 17.4. The fourth-order valence-electron chi connectivity index (χ4n) is 2.60. The maximum atomic E-state index is 11.7. The number of carbonyl (C=O) groups is 2. The summed E-state index contributed by atoms with van der Waals surface area (Å²) in [6, 6.07) is 0. The molecule has 196 valence electrons. The van der Waals surface area contributed by atoms with Gasteiger partial charge in [-0.05, 0) is 25.7 Å². The minimum Gasteiger partial charge on any atom is -0.466 e. The van der Waals surface area contributed by atoms with E-state index in [0.29, 0.717) is 5.75 Å². The van der Waals surface area contributed by atoms with E-state index in [1.54, 1.807) is 30.4 Å². The average molecular weight is 709 g/mol. The third-order valence-electron chi connectivity index (χ3n) is 4.05. The van der Waals surface area contributed by atoms with E-state index in [1.165, 1.54) is 42.4 Å². The molecule has 4 heterocycles. The number of hydrogen-bond acceptors (Lipinski definition) is 16. The molecule has 4 aliphatic rings. The third kappa shape index (κ3) is 7.98. The summed E-state index contributed by atoms with van der Waals surface area (Å²) in [6.07, 6.45) is 6.08. The summed E-state index contributed by atoms with van der Waals surface area (Å²) in [5, 5.41) is 0. The van der Waals surface area contributed by atoms with Crippen LogP contribution in [0.15, 0.2) is 42.4 Å². The topological polar surface area (TPSA) is 52.6 Å². The zero-order chi connectivity index (χ0) is 25.7. The van der Waals surface area contributed by atoms with E-state index in [2.05, 4.69) is 18.8 Å². The quantitative estimate of drug-likeness (QED) is 0.123. The molecule has 0 aromatic carbocycles. The van der Waals surface area contributed by atoms with Gasteiger partial charge in [-0.2, -0.15) is 0 Å². The number of thioether (sulfide) groups is 12. The molecule has 0 aromatic heterocycles. The predicted octanol–water partition coefficient (Wildman–Crippen LogP) is 9.86. The lowest BCUT2D eigenvalue weighted by Crippen LogP contribution is -2.14. The zero-order valence-corrected chi connectivity index (χ0v) is 29.2. The number of rotatable bonds is 10. The lowest BCUT2D eigenvalue weighted by molar-refractivity contribution is -0.153. The summed E-state index contributed by atoms with van der Waals surface area (Å²) in [4.78, 5) is 23.1. The first-order valence-corrected chi connectivity index (χ1v) is 21.3. The van der Waals surface area contributed by atoms with Crippen LogP contribution in [0.4, 0.5) is 0 Å². The van der Waals surface area contributed by atoms with Crippen molar-refractivity contribution in [2.75, 3.05) is 37.7 Å². The Bertz CT molecular complexity index is 1050.